The summed E-state index contributed by atoms with van der Waals surface area (Å²) in [6, 6.07) is 9.62. The predicted octanol–water partition coefficient (Wildman–Crippen LogP) is 3.85. The minimum atomic E-state index is -1.54. The second kappa shape index (κ2) is 9.84. The zero-order valence-electron chi connectivity index (χ0n) is 16.2. The van der Waals surface area contributed by atoms with Gasteiger partial charge in [0.1, 0.15) is 17.3 Å². The summed E-state index contributed by atoms with van der Waals surface area (Å²) in [5, 5.41) is 11.5. The molecule has 3 rings (SSSR count). The molecule has 0 bridgehead atoms. The van der Waals surface area contributed by atoms with Crippen LogP contribution in [0.3, 0.4) is 0 Å². The molecule has 0 saturated heterocycles. The highest BCUT2D eigenvalue weighted by molar-refractivity contribution is 9.10. The Kier molecular flexibility index (Phi) is 7.19. The molecule has 0 fully saturated rings. The van der Waals surface area contributed by atoms with Crippen LogP contribution in [0.5, 0.6) is 11.5 Å². The molecule has 0 saturated carbocycles. The number of ether oxygens (including phenoxy) is 2. The molecule has 0 aliphatic carbocycles. The van der Waals surface area contributed by atoms with E-state index < -0.39 is 11.9 Å². The van der Waals surface area contributed by atoms with E-state index in [1.807, 2.05) is 0 Å². The van der Waals surface area contributed by atoms with E-state index in [0.717, 1.165) is 0 Å². The van der Waals surface area contributed by atoms with E-state index in [4.69, 9.17) is 30.6 Å². The molecule has 31 heavy (non-hydrogen) atoms. The Morgan fingerprint density at radius 2 is 2.00 bits per heavy atom. The quantitative estimate of drug-likeness (QED) is 0.366. The minimum Gasteiger partial charge on any atom is -0.496 e. The summed E-state index contributed by atoms with van der Waals surface area (Å²) in [4.78, 5) is 34.1. The van der Waals surface area contributed by atoms with Gasteiger partial charge in [-0.3, -0.25) is 9.59 Å². The van der Waals surface area contributed by atoms with Crippen LogP contribution in [-0.4, -0.2) is 37.2 Å². The monoisotopic (exact) mass is 509 g/mol. The number of carbonyl (C=O) groups excluding carboxylic acids is 1. The van der Waals surface area contributed by atoms with Crippen LogP contribution >= 0.6 is 27.5 Å². The maximum Gasteiger partial charge on any atom is 0.394 e. The number of halogens is 2. The van der Waals surface area contributed by atoms with Crippen molar-refractivity contribution in [1.29, 1.82) is 0 Å². The molecule has 0 radical (unpaired) electrons. The number of hydrogen-bond donors (Lipinski definition) is 2. The number of rotatable bonds is 7. The van der Waals surface area contributed by atoms with Crippen LogP contribution in [0.4, 0.5) is 0 Å². The van der Waals surface area contributed by atoms with Crippen molar-refractivity contribution in [2.75, 3.05) is 20.3 Å². The number of methoxy groups -OCH3 is 1. The number of para-hydroxylation sites is 1. The zero-order valence-corrected chi connectivity index (χ0v) is 18.6. The van der Waals surface area contributed by atoms with Crippen molar-refractivity contribution in [2.45, 2.75) is 6.42 Å². The fraction of sp³-hybridized carbons (Fsp3) is 0.190. The number of benzene rings is 2. The Morgan fingerprint density at radius 1 is 1.23 bits per heavy atom. The molecule has 0 spiro atoms. The van der Waals surface area contributed by atoms with Gasteiger partial charge in [0.15, 0.2) is 11.0 Å². The number of aliphatic carboxylic acids is 1. The molecular weight excluding hydrogens is 494 g/mol. The lowest BCUT2D eigenvalue weighted by Gasteiger charge is -2.14. The van der Waals surface area contributed by atoms with Crippen LogP contribution < -0.4 is 20.2 Å². The number of amides is 1. The largest absolute Gasteiger partial charge is 0.496 e. The third-order valence-electron chi connectivity index (χ3n) is 4.28. The van der Waals surface area contributed by atoms with Crippen molar-refractivity contribution in [1.82, 2.24) is 5.32 Å². The average molecular weight is 511 g/mol. The average Bonchev–Trinajstić information content (AvgIpc) is 2.74. The van der Waals surface area contributed by atoms with E-state index in [-0.39, 0.29) is 29.9 Å². The second-order valence-corrected chi connectivity index (χ2v) is 7.60. The smallest absolute Gasteiger partial charge is 0.394 e. The van der Waals surface area contributed by atoms with Crippen molar-refractivity contribution in [3.05, 3.63) is 56.1 Å². The van der Waals surface area contributed by atoms with Gasteiger partial charge in [-0.2, -0.15) is 0 Å². The van der Waals surface area contributed by atoms with Gasteiger partial charge in [-0.15, -0.1) is 0 Å². The molecular formula is C21H17BrClNO7. The maximum absolute atomic E-state index is 12.5. The molecule has 2 aromatic carbocycles. The normalized spacial score (nSPS) is 10.7. The number of carbonyl (C=O) groups is 2. The van der Waals surface area contributed by atoms with Gasteiger partial charge in [0.2, 0.25) is 0 Å². The molecule has 2 N–H and O–H groups in total. The van der Waals surface area contributed by atoms with E-state index >= 15 is 0 Å². The molecule has 10 heteroatoms. The Morgan fingerprint density at radius 3 is 2.71 bits per heavy atom. The summed E-state index contributed by atoms with van der Waals surface area (Å²) < 4.78 is 17.7. The molecule has 8 nitrogen and oxygen atoms in total. The summed E-state index contributed by atoms with van der Waals surface area (Å²) in [6.07, 6.45) is 0.382. The van der Waals surface area contributed by atoms with Gasteiger partial charge >= 0.3 is 11.9 Å². The van der Waals surface area contributed by atoms with Crippen LogP contribution in [0, 0.1) is 0 Å². The Bertz CT molecular complexity index is 1210. The lowest BCUT2D eigenvalue weighted by molar-refractivity contribution is -0.150. The van der Waals surface area contributed by atoms with Crippen LogP contribution in [0.2, 0.25) is 5.02 Å². The van der Waals surface area contributed by atoms with Crippen molar-refractivity contribution in [3.63, 3.8) is 0 Å². The molecule has 0 aliphatic rings. The first-order chi connectivity index (χ1) is 14.8. The van der Waals surface area contributed by atoms with E-state index in [1.54, 1.807) is 30.3 Å². The van der Waals surface area contributed by atoms with E-state index in [0.29, 0.717) is 38.4 Å². The third-order valence-corrected chi connectivity index (χ3v) is 5.20. The zero-order chi connectivity index (χ0) is 22.5. The number of fused-ring (bicyclic) bond motifs is 1. The van der Waals surface area contributed by atoms with Crippen molar-refractivity contribution < 1.29 is 28.6 Å². The number of hydrogen-bond acceptors (Lipinski definition) is 6. The number of carboxylic acids is 1. The van der Waals surface area contributed by atoms with Crippen LogP contribution in [0.25, 0.3) is 22.3 Å². The van der Waals surface area contributed by atoms with Gasteiger partial charge in [-0.25, -0.2) is 4.79 Å². The molecule has 1 amide bonds. The fourth-order valence-corrected chi connectivity index (χ4v) is 3.46. The summed E-state index contributed by atoms with van der Waals surface area (Å²) in [6.45, 7) is 0.349. The van der Waals surface area contributed by atoms with Crippen LogP contribution in [0.1, 0.15) is 6.42 Å². The standard InChI is InChI=1S/C21H17BrClNO7/c1-29-16-9-13(22)18(30-7-3-6-24-20(26)21(27)28)8-12(16)17-10-15(25)11-4-2-5-14(23)19(11)31-17/h2,4-5,8-10H,3,6-7H2,1H3,(H,24,26)(H,27,28). The first-order valence-electron chi connectivity index (χ1n) is 9.06. The van der Waals surface area contributed by atoms with Crippen molar-refractivity contribution >= 4 is 50.4 Å². The predicted molar refractivity (Wildman–Crippen MR) is 118 cm³/mol. The maximum atomic E-state index is 12.5. The van der Waals surface area contributed by atoms with E-state index in [2.05, 4.69) is 21.2 Å². The Hall–Kier alpha value is -3.04. The third kappa shape index (κ3) is 5.18. The molecule has 0 atom stereocenters. The molecule has 1 aromatic heterocycles. The summed E-state index contributed by atoms with van der Waals surface area (Å²) in [7, 11) is 1.49. The lowest BCUT2D eigenvalue weighted by atomic mass is 10.1. The summed E-state index contributed by atoms with van der Waals surface area (Å²) >= 11 is 9.60. The first kappa shape index (κ1) is 22.6. The van der Waals surface area contributed by atoms with Gasteiger partial charge in [0, 0.05) is 12.6 Å². The van der Waals surface area contributed by atoms with Gasteiger partial charge in [0.25, 0.3) is 0 Å². The van der Waals surface area contributed by atoms with Gasteiger partial charge in [-0.1, -0.05) is 17.7 Å². The Labute approximate surface area is 189 Å². The van der Waals surface area contributed by atoms with Gasteiger partial charge < -0.3 is 24.3 Å². The highest BCUT2D eigenvalue weighted by Gasteiger charge is 2.17. The van der Waals surface area contributed by atoms with Crippen molar-refractivity contribution in [2.24, 2.45) is 0 Å². The summed E-state index contributed by atoms with van der Waals surface area (Å²) in [5.41, 5.74) is 0.507. The van der Waals surface area contributed by atoms with Crippen molar-refractivity contribution in [3.8, 4) is 22.8 Å². The summed E-state index contributed by atoms with van der Waals surface area (Å²) in [5.74, 6) is -1.46. The molecule has 1 heterocycles. The highest BCUT2D eigenvalue weighted by atomic mass is 79.9. The van der Waals surface area contributed by atoms with Gasteiger partial charge in [0.05, 0.1) is 34.2 Å². The van der Waals surface area contributed by atoms with E-state index in [9.17, 15) is 14.4 Å². The molecule has 3 aromatic rings. The first-order valence-corrected chi connectivity index (χ1v) is 10.2. The Balaban J connectivity index is 1.87. The number of carboxylic acid groups (broad SMARTS) is 1. The SMILES string of the molecule is COc1cc(Br)c(OCCCNC(=O)C(=O)O)cc1-c1cc(=O)c2cccc(Cl)c2o1. The van der Waals surface area contributed by atoms with Crippen LogP contribution in [0.15, 0.2) is 50.1 Å². The van der Waals surface area contributed by atoms with E-state index in [1.165, 1.54) is 13.2 Å². The highest BCUT2D eigenvalue weighted by Crippen LogP contribution is 2.39. The molecule has 162 valence electrons. The second-order valence-electron chi connectivity index (χ2n) is 6.34. The fourth-order valence-electron chi connectivity index (χ4n) is 2.81. The topological polar surface area (TPSA) is 115 Å². The molecule has 0 aliphatic heterocycles. The minimum absolute atomic E-state index is 0.143. The lowest BCUT2D eigenvalue weighted by Crippen LogP contribution is -2.31. The van der Waals surface area contributed by atoms with Gasteiger partial charge in [-0.05, 0) is 46.6 Å². The molecule has 0 unspecified atom stereocenters. The number of nitrogens with one attached hydrogen (secondary N) is 1. The van der Waals surface area contributed by atoms with Crippen LogP contribution in [-0.2, 0) is 9.59 Å².